The molecule has 4 nitrogen and oxygen atoms in total. The fraction of sp³-hybridized carbons (Fsp3) is 0.529. The first-order valence-electron chi connectivity index (χ1n) is 7.60. The zero-order chi connectivity index (χ0) is 15.4. The average molecular weight is 288 g/mol. The van der Waals surface area contributed by atoms with Gasteiger partial charge in [0, 0.05) is 20.0 Å². The van der Waals surface area contributed by atoms with Gasteiger partial charge in [0.2, 0.25) is 11.8 Å². The number of benzene rings is 1. The summed E-state index contributed by atoms with van der Waals surface area (Å²) < 4.78 is 0. The highest BCUT2D eigenvalue weighted by atomic mass is 16.2. The molecule has 1 atom stereocenters. The van der Waals surface area contributed by atoms with Gasteiger partial charge < -0.3 is 10.2 Å². The van der Waals surface area contributed by atoms with Crippen LogP contribution >= 0.6 is 0 Å². The van der Waals surface area contributed by atoms with Crippen molar-refractivity contribution in [1.29, 1.82) is 0 Å². The van der Waals surface area contributed by atoms with Gasteiger partial charge >= 0.3 is 0 Å². The monoisotopic (exact) mass is 288 g/mol. The lowest BCUT2D eigenvalue weighted by molar-refractivity contribution is -0.137. The third-order valence-corrected chi connectivity index (χ3v) is 3.83. The molecule has 1 aromatic rings. The second kappa shape index (κ2) is 6.74. The SMILES string of the molecule is CC(=O)N[C@@H](CC(C)C)C(=O)N1CCc2ccccc2C1. The van der Waals surface area contributed by atoms with Crippen molar-refractivity contribution in [2.75, 3.05) is 6.54 Å². The lowest BCUT2D eigenvalue weighted by Gasteiger charge is -2.32. The minimum atomic E-state index is -0.409. The van der Waals surface area contributed by atoms with Crippen molar-refractivity contribution >= 4 is 11.8 Å². The van der Waals surface area contributed by atoms with E-state index in [9.17, 15) is 9.59 Å². The van der Waals surface area contributed by atoms with E-state index in [1.54, 1.807) is 0 Å². The first-order chi connectivity index (χ1) is 9.97. The number of nitrogens with zero attached hydrogens (tertiary/aromatic N) is 1. The van der Waals surface area contributed by atoms with Crippen LogP contribution in [-0.4, -0.2) is 29.3 Å². The number of hydrogen-bond acceptors (Lipinski definition) is 2. The Labute approximate surface area is 126 Å². The largest absolute Gasteiger partial charge is 0.345 e. The van der Waals surface area contributed by atoms with E-state index in [4.69, 9.17) is 0 Å². The standard InChI is InChI=1S/C17H24N2O2/c1-12(2)10-16(18-13(3)20)17(21)19-9-8-14-6-4-5-7-15(14)11-19/h4-7,12,16H,8-11H2,1-3H3,(H,18,20)/t16-/m0/s1. The molecule has 2 amide bonds. The Kier molecular flexibility index (Phi) is 4.99. The van der Waals surface area contributed by atoms with E-state index in [1.807, 2.05) is 17.0 Å². The molecular formula is C17H24N2O2. The van der Waals surface area contributed by atoms with Crippen molar-refractivity contribution in [1.82, 2.24) is 10.2 Å². The highest BCUT2D eigenvalue weighted by molar-refractivity contribution is 5.87. The fourth-order valence-electron chi connectivity index (χ4n) is 2.84. The molecule has 0 fully saturated rings. The molecule has 0 radical (unpaired) electrons. The minimum absolute atomic E-state index is 0.0356. The Balaban J connectivity index is 2.09. The van der Waals surface area contributed by atoms with E-state index >= 15 is 0 Å². The molecule has 0 saturated heterocycles. The molecule has 0 aliphatic carbocycles. The van der Waals surface area contributed by atoms with Gasteiger partial charge in [-0.25, -0.2) is 0 Å². The van der Waals surface area contributed by atoms with E-state index < -0.39 is 6.04 Å². The van der Waals surface area contributed by atoms with E-state index in [-0.39, 0.29) is 11.8 Å². The molecule has 0 saturated carbocycles. The maximum Gasteiger partial charge on any atom is 0.245 e. The molecule has 1 aliphatic heterocycles. The zero-order valence-electron chi connectivity index (χ0n) is 13.1. The highest BCUT2D eigenvalue weighted by Crippen LogP contribution is 2.20. The van der Waals surface area contributed by atoms with Crippen LogP contribution in [0.25, 0.3) is 0 Å². The van der Waals surface area contributed by atoms with Gasteiger partial charge in [0.1, 0.15) is 6.04 Å². The van der Waals surface area contributed by atoms with Crippen LogP contribution in [0.3, 0.4) is 0 Å². The Bertz CT molecular complexity index is 525. The third-order valence-electron chi connectivity index (χ3n) is 3.83. The molecular weight excluding hydrogens is 264 g/mol. The molecule has 2 rings (SSSR count). The normalized spacial score (nSPS) is 15.5. The summed E-state index contributed by atoms with van der Waals surface area (Å²) in [6.07, 6.45) is 1.56. The molecule has 0 aromatic heterocycles. The topological polar surface area (TPSA) is 49.4 Å². The van der Waals surface area contributed by atoms with Gasteiger partial charge in [0.15, 0.2) is 0 Å². The molecule has 114 valence electrons. The molecule has 1 aromatic carbocycles. The Morgan fingerprint density at radius 1 is 1.24 bits per heavy atom. The number of hydrogen-bond donors (Lipinski definition) is 1. The van der Waals surface area contributed by atoms with E-state index in [0.717, 1.165) is 13.0 Å². The second-order valence-electron chi connectivity index (χ2n) is 6.16. The highest BCUT2D eigenvalue weighted by Gasteiger charge is 2.28. The van der Waals surface area contributed by atoms with Crippen LogP contribution in [0.15, 0.2) is 24.3 Å². The van der Waals surface area contributed by atoms with Crippen molar-refractivity contribution in [3.05, 3.63) is 35.4 Å². The van der Waals surface area contributed by atoms with Gasteiger partial charge in [-0.3, -0.25) is 9.59 Å². The van der Waals surface area contributed by atoms with Crippen LogP contribution in [0.5, 0.6) is 0 Å². The molecule has 1 heterocycles. The van der Waals surface area contributed by atoms with Gasteiger partial charge in [0.25, 0.3) is 0 Å². The van der Waals surface area contributed by atoms with Crippen LogP contribution in [0, 0.1) is 5.92 Å². The van der Waals surface area contributed by atoms with Crippen LogP contribution in [-0.2, 0) is 22.6 Å². The molecule has 1 N–H and O–H groups in total. The van der Waals surface area contributed by atoms with Gasteiger partial charge in [-0.15, -0.1) is 0 Å². The zero-order valence-corrected chi connectivity index (χ0v) is 13.1. The molecule has 21 heavy (non-hydrogen) atoms. The lowest BCUT2D eigenvalue weighted by atomic mass is 9.97. The first-order valence-corrected chi connectivity index (χ1v) is 7.60. The van der Waals surface area contributed by atoms with Crippen LogP contribution in [0.2, 0.25) is 0 Å². The molecule has 0 unspecified atom stereocenters. The van der Waals surface area contributed by atoms with Crippen LogP contribution in [0.4, 0.5) is 0 Å². The summed E-state index contributed by atoms with van der Waals surface area (Å²) in [7, 11) is 0. The van der Waals surface area contributed by atoms with Crippen molar-refractivity contribution in [3.8, 4) is 0 Å². The number of rotatable bonds is 4. The lowest BCUT2D eigenvalue weighted by Crippen LogP contribution is -2.49. The number of carbonyl (C=O) groups excluding carboxylic acids is 2. The van der Waals surface area contributed by atoms with Gasteiger partial charge in [-0.2, -0.15) is 0 Å². The third kappa shape index (κ3) is 4.06. The predicted octanol–water partition coefficient (Wildman–Crippen LogP) is 2.12. The molecule has 4 heteroatoms. The summed E-state index contributed by atoms with van der Waals surface area (Å²) >= 11 is 0. The number of fused-ring (bicyclic) bond motifs is 1. The maximum atomic E-state index is 12.7. The number of carbonyl (C=O) groups is 2. The Morgan fingerprint density at radius 2 is 1.90 bits per heavy atom. The molecule has 0 bridgehead atoms. The van der Waals surface area contributed by atoms with Crippen LogP contribution < -0.4 is 5.32 Å². The quantitative estimate of drug-likeness (QED) is 0.922. The summed E-state index contributed by atoms with van der Waals surface area (Å²) in [5, 5.41) is 2.80. The Hall–Kier alpha value is -1.84. The van der Waals surface area contributed by atoms with E-state index in [2.05, 4.69) is 31.3 Å². The summed E-state index contributed by atoms with van der Waals surface area (Å²) in [6, 6.07) is 7.83. The van der Waals surface area contributed by atoms with Gasteiger partial charge in [-0.1, -0.05) is 38.1 Å². The fourth-order valence-corrected chi connectivity index (χ4v) is 2.84. The number of amides is 2. The summed E-state index contributed by atoms with van der Waals surface area (Å²) in [6.45, 7) is 6.96. The van der Waals surface area contributed by atoms with Crippen LogP contribution in [0.1, 0.15) is 38.3 Å². The van der Waals surface area contributed by atoms with Crippen molar-refractivity contribution < 1.29 is 9.59 Å². The predicted molar refractivity (Wildman–Crippen MR) is 82.6 cm³/mol. The summed E-state index contributed by atoms with van der Waals surface area (Å²) in [5.74, 6) is 0.252. The Morgan fingerprint density at radius 3 is 2.52 bits per heavy atom. The van der Waals surface area contributed by atoms with Gasteiger partial charge in [0.05, 0.1) is 0 Å². The van der Waals surface area contributed by atoms with E-state index in [1.165, 1.54) is 18.1 Å². The smallest absolute Gasteiger partial charge is 0.245 e. The van der Waals surface area contributed by atoms with Crippen molar-refractivity contribution in [2.45, 2.75) is 46.2 Å². The average Bonchev–Trinajstić information content (AvgIpc) is 2.44. The molecule has 1 aliphatic rings. The van der Waals surface area contributed by atoms with E-state index in [0.29, 0.717) is 18.9 Å². The molecule has 0 spiro atoms. The maximum absolute atomic E-state index is 12.7. The summed E-state index contributed by atoms with van der Waals surface area (Å²) in [5.41, 5.74) is 2.53. The first kappa shape index (κ1) is 15.5. The van der Waals surface area contributed by atoms with Gasteiger partial charge in [-0.05, 0) is 29.9 Å². The minimum Gasteiger partial charge on any atom is -0.345 e. The number of nitrogens with one attached hydrogen (secondary N) is 1. The van der Waals surface area contributed by atoms with Crippen molar-refractivity contribution in [3.63, 3.8) is 0 Å². The van der Waals surface area contributed by atoms with Crippen molar-refractivity contribution in [2.24, 2.45) is 5.92 Å². The summed E-state index contributed by atoms with van der Waals surface area (Å²) in [4.78, 5) is 25.9. The second-order valence-corrected chi connectivity index (χ2v) is 6.16.